The summed E-state index contributed by atoms with van der Waals surface area (Å²) in [6, 6.07) is 18.2. The van der Waals surface area contributed by atoms with Crippen LogP contribution in [0.2, 0.25) is 0 Å². The molecule has 2 aromatic carbocycles. The second kappa shape index (κ2) is 5.17. The van der Waals surface area contributed by atoms with E-state index in [1.165, 1.54) is 0 Å². The second-order valence-electron chi connectivity index (χ2n) is 4.74. The lowest BCUT2D eigenvalue weighted by atomic mass is 9.85. The van der Waals surface area contributed by atoms with Crippen LogP contribution in [0.1, 0.15) is 23.1 Å². The van der Waals surface area contributed by atoms with E-state index < -0.39 is 11.9 Å². The van der Waals surface area contributed by atoms with Gasteiger partial charge in [0.15, 0.2) is 0 Å². The summed E-state index contributed by atoms with van der Waals surface area (Å²) in [5, 5.41) is 5.18. The van der Waals surface area contributed by atoms with E-state index in [9.17, 15) is 9.59 Å². The fraction of sp³-hybridized carbons (Fsp3) is 0.125. The number of hydrogen-bond donors (Lipinski definition) is 2. The minimum Gasteiger partial charge on any atom is -0.330 e. The zero-order valence-electron chi connectivity index (χ0n) is 10.7. The van der Waals surface area contributed by atoms with Crippen molar-refractivity contribution in [2.75, 3.05) is 0 Å². The SMILES string of the molecule is O=C1NC(=O)[C@@H](c2ccccc2)[C@H](c2ccccc2)N1. The quantitative estimate of drug-likeness (QED) is 0.876. The van der Waals surface area contributed by atoms with Gasteiger partial charge in [0.2, 0.25) is 5.91 Å². The van der Waals surface area contributed by atoms with Crippen LogP contribution in [0.4, 0.5) is 4.79 Å². The van der Waals surface area contributed by atoms with Crippen molar-refractivity contribution in [1.82, 2.24) is 10.6 Å². The fourth-order valence-electron chi connectivity index (χ4n) is 2.54. The monoisotopic (exact) mass is 266 g/mol. The van der Waals surface area contributed by atoms with Crippen molar-refractivity contribution in [3.05, 3.63) is 71.8 Å². The molecule has 1 saturated heterocycles. The summed E-state index contributed by atoms with van der Waals surface area (Å²) in [5.41, 5.74) is 1.81. The zero-order chi connectivity index (χ0) is 13.9. The molecule has 2 aromatic rings. The molecule has 1 fully saturated rings. The number of urea groups is 1. The van der Waals surface area contributed by atoms with Gasteiger partial charge in [0.25, 0.3) is 0 Å². The van der Waals surface area contributed by atoms with Gasteiger partial charge < -0.3 is 5.32 Å². The Morgan fingerprint density at radius 1 is 0.750 bits per heavy atom. The Morgan fingerprint density at radius 3 is 1.90 bits per heavy atom. The molecule has 0 unspecified atom stereocenters. The minimum absolute atomic E-state index is 0.270. The van der Waals surface area contributed by atoms with E-state index in [1.807, 2.05) is 60.7 Å². The molecule has 0 radical (unpaired) electrons. The Hall–Kier alpha value is -2.62. The number of rotatable bonds is 2. The van der Waals surface area contributed by atoms with E-state index >= 15 is 0 Å². The number of hydrogen-bond acceptors (Lipinski definition) is 2. The van der Waals surface area contributed by atoms with Crippen LogP contribution in [0, 0.1) is 0 Å². The zero-order valence-corrected chi connectivity index (χ0v) is 10.7. The molecule has 0 spiro atoms. The highest BCUT2D eigenvalue weighted by Gasteiger charge is 2.37. The smallest absolute Gasteiger partial charge is 0.321 e. The van der Waals surface area contributed by atoms with Gasteiger partial charge in [-0.15, -0.1) is 0 Å². The second-order valence-corrected chi connectivity index (χ2v) is 4.74. The molecule has 2 atom stereocenters. The van der Waals surface area contributed by atoms with Gasteiger partial charge >= 0.3 is 6.03 Å². The van der Waals surface area contributed by atoms with E-state index in [1.54, 1.807) is 0 Å². The normalized spacial score (nSPS) is 22.0. The number of benzene rings is 2. The van der Waals surface area contributed by atoms with Gasteiger partial charge in [-0.2, -0.15) is 0 Å². The van der Waals surface area contributed by atoms with Gasteiger partial charge in [-0.05, 0) is 11.1 Å². The van der Waals surface area contributed by atoms with Crippen LogP contribution < -0.4 is 10.6 Å². The Morgan fingerprint density at radius 2 is 1.30 bits per heavy atom. The maximum Gasteiger partial charge on any atom is 0.321 e. The summed E-state index contributed by atoms with van der Waals surface area (Å²) >= 11 is 0. The Kier molecular flexibility index (Phi) is 3.21. The van der Waals surface area contributed by atoms with Crippen LogP contribution in [-0.2, 0) is 4.79 Å². The topological polar surface area (TPSA) is 58.2 Å². The number of carbonyl (C=O) groups is 2. The number of nitrogens with one attached hydrogen (secondary N) is 2. The molecule has 3 rings (SSSR count). The fourth-order valence-corrected chi connectivity index (χ4v) is 2.54. The van der Waals surface area contributed by atoms with Gasteiger partial charge in [-0.1, -0.05) is 60.7 Å². The van der Waals surface area contributed by atoms with Gasteiger partial charge in [-0.3, -0.25) is 10.1 Å². The average Bonchev–Trinajstić information content (AvgIpc) is 2.48. The summed E-state index contributed by atoms with van der Waals surface area (Å²) < 4.78 is 0. The van der Waals surface area contributed by atoms with Crippen LogP contribution in [0.3, 0.4) is 0 Å². The molecule has 0 aliphatic carbocycles. The van der Waals surface area contributed by atoms with Gasteiger partial charge in [0.1, 0.15) is 0 Å². The summed E-state index contributed by atoms with van der Waals surface area (Å²) in [6.45, 7) is 0. The van der Waals surface area contributed by atoms with E-state index in [0.717, 1.165) is 11.1 Å². The lowest BCUT2D eigenvalue weighted by Gasteiger charge is -2.32. The Bertz CT molecular complexity index is 625. The van der Waals surface area contributed by atoms with E-state index in [2.05, 4.69) is 10.6 Å². The van der Waals surface area contributed by atoms with Crippen molar-refractivity contribution >= 4 is 11.9 Å². The third-order valence-corrected chi connectivity index (χ3v) is 3.46. The maximum atomic E-state index is 12.2. The molecule has 1 aliphatic rings. The number of imide groups is 1. The Balaban J connectivity index is 2.03. The number of carbonyl (C=O) groups excluding carboxylic acids is 2. The highest BCUT2D eigenvalue weighted by molar-refractivity contribution is 6.01. The van der Waals surface area contributed by atoms with E-state index in [0.29, 0.717) is 0 Å². The molecule has 1 aliphatic heterocycles. The molecule has 100 valence electrons. The predicted molar refractivity (Wildman–Crippen MR) is 75.0 cm³/mol. The summed E-state index contributed by atoms with van der Waals surface area (Å²) in [6.07, 6.45) is 0. The van der Waals surface area contributed by atoms with Gasteiger partial charge in [0.05, 0.1) is 12.0 Å². The largest absolute Gasteiger partial charge is 0.330 e. The van der Waals surface area contributed by atoms with Crippen molar-refractivity contribution in [3.63, 3.8) is 0 Å². The molecule has 4 heteroatoms. The molecular weight excluding hydrogens is 252 g/mol. The minimum atomic E-state index is -0.448. The number of amides is 3. The van der Waals surface area contributed by atoms with Crippen molar-refractivity contribution in [1.29, 1.82) is 0 Å². The Labute approximate surface area is 116 Å². The van der Waals surface area contributed by atoms with Crippen LogP contribution in [0.15, 0.2) is 60.7 Å². The van der Waals surface area contributed by atoms with E-state index in [-0.39, 0.29) is 11.9 Å². The molecule has 2 N–H and O–H groups in total. The van der Waals surface area contributed by atoms with Crippen LogP contribution in [-0.4, -0.2) is 11.9 Å². The lowest BCUT2D eigenvalue weighted by molar-refractivity contribution is -0.123. The predicted octanol–water partition coefficient (Wildman–Crippen LogP) is 2.35. The van der Waals surface area contributed by atoms with Crippen LogP contribution >= 0.6 is 0 Å². The first-order chi connectivity index (χ1) is 9.75. The highest BCUT2D eigenvalue weighted by Crippen LogP contribution is 2.33. The van der Waals surface area contributed by atoms with Crippen molar-refractivity contribution in [2.24, 2.45) is 0 Å². The summed E-state index contributed by atoms with van der Waals surface area (Å²) in [4.78, 5) is 23.8. The molecule has 20 heavy (non-hydrogen) atoms. The average molecular weight is 266 g/mol. The molecule has 0 aromatic heterocycles. The van der Waals surface area contributed by atoms with Crippen molar-refractivity contribution in [3.8, 4) is 0 Å². The van der Waals surface area contributed by atoms with Crippen LogP contribution in [0.25, 0.3) is 0 Å². The van der Waals surface area contributed by atoms with Gasteiger partial charge in [0, 0.05) is 0 Å². The molecule has 1 heterocycles. The molecule has 0 saturated carbocycles. The highest BCUT2D eigenvalue weighted by atomic mass is 16.2. The molecule has 0 bridgehead atoms. The van der Waals surface area contributed by atoms with Crippen molar-refractivity contribution < 1.29 is 9.59 Å². The standard InChI is InChI=1S/C16H14N2O2/c19-15-13(11-7-3-1-4-8-11)14(17-16(20)18-15)12-9-5-2-6-10-12/h1-10,13-14H,(H2,17,18,19,20)/t13-,14-/m0/s1. The molecule has 4 nitrogen and oxygen atoms in total. The third-order valence-electron chi connectivity index (χ3n) is 3.46. The first-order valence-corrected chi connectivity index (χ1v) is 6.47. The van der Waals surface area contributed by atoms with Crippen molar-refractivity contribution in [2.45, 2.75) is 12.0 Å². The first-order valence-electron chi connectivity index (χ1n) is 6.47. The molecular formula is C16H14N2O2. The summed E-state index contributed by atoms with van der Waals surface area (Å²) in [7, 11) is 0. The van der Waals surface area contributed by atoms with Crippen LogP contribution in [0.5, 0.6) is 0 Å². The van der Waals surface area contributed by atoms with E-state index in [4.69, 9.17) is 0 Å². The van der Waals surface area contributed by atoms with Gasteiger partial charge in [-0.25, -0.2) is 4.79 Å². The third kappa shape index (κ3) is 2.28. The lowest BCUT2D eigenvalue weighted by Crippen LogP contribution is -2.52. The summed E-state index contributed by atoms with van der Waals surface area (Å²) in [5.74, 6) is -0.690. The first kappa shape index (κ1) is 12.4. The maximum absolute atomic E-state index is 12.2. The molecule has 3 amide bonds.